The van der Waals surface area contributed by atoms with E-state index in [4.69, 9.17) is 4.74 Å². The third-order valence-electron chi connectivity index (χ3n) is 4.42. The molecule has 1 amide bonds. The number of nitrogens with zero attached hydrogens (tertiary/aromatic N) is 1. The first-order valence-electron chi connectivity index (χ1n) is 9.57. The quantitative estimate of drug-likeness (QED) is 0.286. The van der Waals surface area contributed by atoms with E-state index in [1.807, 2.05) is 30.3 Å². The van der Waals surface area contributed by atoms with Crippen LogP contribution in [0, 0.1) is 10.1 Å². The Kier molecular flexibility index (Phi) is 7.06. The van der Waals surface area contributed by atoms with E-state index in [9.17, 15) is 23.3 Å². The van der Waals surface area contributed by atoms with Gasteiger partial charge in [-0.3, -0.25) is 14.9 Å². The fourth-order valence-electron chi connectivity index (χ4n) is 2.82. The van der Waals surface area contributed by atoms with Gasteiger partial charge in [0, 0.05) is 31.0 Å². The van der Waals surface area contributed by atoms with Crippen molar-refractivity contribution >= 4 is 27.1 Å². The van der Waals surface area contributed by atoms with E-state index in [2.05, 4.69) is 10.6 Å². The average molecular weight is 455 g/mol. The van der Waals surface area contributed by atoms with Gasteiger partial charge < -0.3 is 15.4 Å². The number of para-hydroxylation sites is 1. The molecule has 0 radical (unpaired) electrons. The Labute approximate surface area is 185 Å². The third kappa shape index (κ3) is 6.05. The van der Waals surface area contributed by atoms with Crippen molar-refractivity contribution in [3.63, 3.8) is 0 Å². The molecule has 0 heterocycles. The molecule has 0 aliphatic carbocycles. The highest BCUT2D eigenvalue weighted by Crippen LogP contribution is 2.27. The second-order valence-corrected chi connectivity index (χ2v) is 8.85. The summed E-state index contributed by atoms with van der Waals surface area (Å²) in [6.07, 6.45) is 0.981. The molecule has 32 heavy (non-hydrogen) atoms. The van der Waals surface area contributed by atoms with Gasteiger partial charge in [-0.05, 0) is 48.5 Å². The van der Waals surface area contributed by atoms with Crippen LogP contribution in [0.3, 0.4) is 0 Å². The Balaban J connectivity index is 1.53. The van der Waals surface area contributed by atoms with Crippen LogP contribution in [0.15, 0.2) is 77.7 Å². The molecule has 0 fully saturated rings. The van der Waals surface area contributed by atoms with Gasteiger partial charge in [-0.25, -0.2) is 8.42 Å². The molecule has 2 N–H and O–H groups in total. The number of anilines is 1. The van der Waals surface area contributed by atoms with Crippen molar-refractivity contribution in [2.24, 2.45) is 0 Å². The Hall–Kier alpha value is -3.92. The van der Waals surface area contributed by atoms with Crippen LogP contribution in [0.4, 0.5) is 11.4 Å². The normalized spacial score (nSPS) is 10.9. The highest BCUT2D eigenvalue weighted by Gasteiger charge is 2.18. The van der Waals surface area contributed by atoms with Gasteiger partial charge in [0.25, 0.3) is 11.6 Å². The highest BCUT2D eigenvalue weighted by atomic mass is 32.2. The molecule has 166 valence electrons. The van der Waals surface area contributed by atoms with Crippen molar-refractivity contribution < 1.29 is 22.9 Å². The summed E-state index contributed by atoms with van der Waals surface area (Å²) in [6, 6.07) is 19.5. The zero-order valence-corrected chi connectivity index (χ0v) is 18.0. The summed E-state index contributed by atoms with van der Waals surface area (Å²) in [5.41, 5.74) is 0.251. The Bertz CT molecular complexity index is 1210. The van der Waals surface area contributed by atoms with E-state index in [1.165, 1.54) is 12.1 Å². The van der Waals surface area contributed by atoms with Crippen molar-refractivity contribution in [1.29, 1.82) is 0 Å². The predicted octanol–water partition coefficient (Wildman–Crippen LogP) is 3.63. The van der Waals surface area contributed by atoms with Crippen LogP contribution in [0.2, 0.25) is 0 Å². The molecule has 0 aliphatic heterocycles. The van der Waals surface area contributed by atoms with Crippen LogP contribution >= 0.6 is 0 Å². The summed E-state index contributed by atoms with van der Waals surface area (Å²) < 4.78 is 28.9. The van der Waals surface area contributed by atoms with Crippen LogP contribution < -0.4 is 15.4 Å². The van der Waals surface area contributed by atoms with Gasteiger partial charge in [0.05, 0.1) is 9.82 Å². The lowest BCUT2D eigenvalue weighted by Crippen LogP contribution is -2.28. The molecule has 0 spiro atoms. The van der Waals surface area contributed by atoms with Gasteiger partial charge in [-0.15, -0.1) is 0 Å². The Morgan fingerprint density at radius 1 is 0.969 bits per heavy atom. The summed E-state index contributed by atoms with van der Waals surface area (Å²) in [5, 5.41) is 16.8. The second-order valence-electron chi connectivity index (χ2n) is 6.83. The molecule has 10 heteroatoms. The predicted molar refractivity (Wildman–Crippen MR) is 120 cm³/mol. The van der Waals surface area contributed by atoms with Crippen LogP contribution in [-0.2, 0) is 9.84 Å². The largest absolute Gasteiger partial charge is 0.457 e. The lowest BCUT2D eigenvalue weighted by molar-refractivity contribution is -0.384. The van der Waals surface area contributed by atoms with Crippen molar-refractivity contribution in [1.82, 2.24) is 5.32 Å². The minimum Gasteiger partial charge on any atom is -0.457 e. The average Bonchev–Trinajstić information content (AvgIpc) is 2.77. The summed E-state index contributed by atoms with van der Waals surface area (Å²) in [6.45, 7) is 0.409. The van der Waals surface area contributed by atoms with Crippen LogP contribution in [-0.4, -0.2) is 38.6 Å². The molecule has 3 aromatic carbocycles. The molecule has 9 nitrogen and oxygen atoms in total. The summed E-state index contributed by atoms with van der Waals surface area (Å²) in [7, 11) is -3.56. The maximum atomic E-state index is 12.3. The van der Waals surface area contributed by atoms with Gasteiger partial charge in [0.2, 0.25) is 0 Å². The number of benzene rings is 3. The molecule has 0 bridgehead atoms. The SMILES string of the molecule is CS(=O)(=O)c1ccc(NCCNC(=O)c2ccc(Oc3ccccc3)cc2)c([N+](=O)[O-])c1. The number of hydrogen-bond donors (Lipinski definition) is 2. The Morgan fingerprint density at radius 2 is 1.62 bits per heavy atom. The molecule has 0 atom stereocenters. The number of nitrogens with one attached hydrogen (secondary N) is 2. The van der Waals surface area contributed by atoms with Crippen molar-refractivity contribution in [2.45, 2.75) is 4.90 Å². The number of sulfone groups is 1. The smallest absolute Gasteiger partial charge is 0.293 e. The highest BCUT2D eigenvalue weighted by molar-refractivity contribution is 7.90. The number of carbonyl (C=O) groups is 1. The fourth-order valence-corrected chi connectivity index (χ4v) is 3.46. The van der Waals surface area contributed by atoms with Gasteiger partial charge in [0.1, 0.15) is 17.2 Å². The van der Waals surface area contributed by atoms with E-state index in [1.54, 1.807) is 24.3 Å². The third-order valence-corrected chi connectivity index (χ3v) is 5.53. The van der Waals surface area contributed by atoms with Gasteiger partial charge in [-0.2, -0.15) is 0 Å². The molecular formula is C22H21N3O6S. The summed E-state index contributed by atoms with van der Waals surface area (Å²) in [4.78, 5) is 22.8. The maximum absolute atomic E-state index is 12.3. The summed E-state index contributed by atoms with van der Waals surface area (Å²) >= 11 is 0. The lowest BCUT2D eigenvalue weighted by atomic mass is 10.2. The number of amides is 1. The molecule has 0 saturated carbocycles. The van der Waals surface area contributed by atoms with Gasteiger partial charge in [-0.1, -0.05) is 18.2 Å². The number of ether oxygens (including phenoxy) is 1. The van der Waals surface area contributed by atoms with Crippen LogP contribution in [0.25, 0.3) is 0 Å². The van der Waals surface area contributed by atoms with Gasteiger partial charge in [0.15, 0.2) is 9.84 Å². The van der Waals surface area contributed by atoms with Crippen molar-refractivity contribution in [2.75, 3.05) is 24.7 Å². The standard InChI is InChI=1S/C22H21N3O6S/c1-32(29,30)19-11-12-20(21(15-19)25(27)28)23-13-14-24-22(26)16-7-9-18(10-8-16)31-17-5-3-2-4-6-17/h2-12,15,23H,13-14H2,1H3,(H,24,26). The monoisotopic (exact) mass is 455 g/mol. The number of nitro groups is 1. The molecule has 3 aromatic rings. The van der Waals surface area contributed by atoms with Crippen LogP contribution in [0.1, 0.15) is 10.4 Å². The first kappa shape index (κ1) is 22.8. The summed E-state index contributed by atoms with van der Waals surface area (Å²) in [5.74, 6) is 0.980. The van der Waals surface area contributed by atoms with E-state index in [0.29, 0.717) is 17.1 Å². The molecule has 0 saturated heterocycles. The molecule has 0 unspecified atom stereocenters. The molecule has 0 aliphatic rings. The lowest BCUT2D eigenvalue weighted by Gasteiger charge is -2.10. The first-order valence-corrected chi connectivity index (χ1v) is 11.5. The topological polar surface area (TPSA) is 128 Å². The minimum absolute atomic E-state index is 0.136. The second kappa shape index (κ2) is 9.92. The number of carbonyl (C=O) groups excluding carboxylic acids is 1. The number of hydrogen-bond acceptors (Lipinski definition) is 7. The minimum atomic E-state index is -3.56. The fraction of sp³-hybridized carbons (Fsp3) is 0.136. The number of rotatable bonds is 9. The van der Waals surface area contributed by atoms with E-state index in [0.717, 1.165) is 12.3 Å². The zero-order valence-electron chi connectivity index (χ0n) is 17.1. The van der Waals surface area contributed by atoms with E-state index >= 15 is 0 Å². The maximum Gasteiger partial charge on any atom is 0.293 e. The molecule has 3 rings (SSSR count). The van der Waals surface area contributed by atoms with E-state index < -0.39 is 14.8 Å². The first-order chi connectivity index (χ1) is 15.2. The number of nitro benzene ring substituents is 1. The van der Waals surface area contributed by atoms with Crippen LogP contribution in [0.5, 0.6) is 11.5 Å². The van der Waals surface area contributed by atoms with E-state index in [-0.39, 0.29) is 35.3 Å². The van der Waals surface area contributed by atoms with Crippen molar-refractivity contribution in [3.8, 4) is 11.5 Å². The van der Waals surface area contributed by atoms with Crippen molar-refractivity contribution in [3.05, 3.63) is 88.5 Å². The molecule has 0 aromatic heterocycles. The van der Waals surface area contributed by atoms with Gasteiger partial charge >= 0.3 is 0 Å². The zero-order chi connectivity index (χ0) is 23.1. The Morgan fingerprint density at radius 3 is 2.25 bits per heavy atom. The molecular weight excluding hydrogens is 434 g/mol.